The van der Waals surface area contributed by atoms with E-state index in [1.807, 2.05) is 6.08 Å². The van der Waals surface area contributed by atoms with Crippen molar-refractivity contribution < 1.29 is 28.6 Å². The molecule has 0 fully saturated rings. The molecule has 6 nitrogen and oxygen atoms in total. The Morgan fingerprint density at radius 3 is 1.03 bits per heavy atom. The van der Waals surface area contributed by atoms with Gasteiger partial charge in [0.05, 0.1) is 0 Å². The van der Waals surface area contributed by atoms with Crippen LogP contribution in [0.5, 0.6) is 0 Å². The number of allylic oxidation sites excluding steroid dienone is 18. The first kappa shape index (κ1) is 63.1. The second kappa shape index (κ2) is 54.7. The molecule has 6 heteroatoms. The third kappa shape index (κ3) is 52.9. The van der Waals surface area contributed by atoms with Gasteiger partial charge in [0.15, 0.2) is 6.10 Å². The predicted molar refractivity (Wildman–Crippen MR) is 288 cm³/mol. The maximum absolute atomic E-state index is 12.8. The average Bonchev–Trinajstić information content (AvgIpc) is 3.33. The monoisotopic (exact) mass is 929 g/mol. The van der Waals surface area contributed by atoms with E-state index in [1.165, 1.54) is 89.9 Å². The molecule has 0 N–H and O–H groups in total. The minimum atomic E-state index is -0.815. The minimum absolute atomic E-state index is 0.107. The molecule has 380 valence electrons. The van der Waals surface area contributed by atoms with E-state index in [4.69, 9.17) is 14.2 Å². The fourth-order valence-corrected chi connectivity index (χ4v) is 7.18. The number of rotatable bonds is 48. The highest BCUT2D eigenvalue weighted by atomic mass is 16.6. The van der Waals surface area contributed by atoms with Crippen LogP contribution in [0.2, 0.25) is 0 Å². The first-order valence-electron chi connectivity index (χ1n) is 27.4. The molecule has 0 radical (unpaired) electrons. The standard InChI is InChI=1S/C61H100O6/c1-4-7-10-13-16-19-22-24-26-28-30-32-34-36-39-42-45-48-51-54-60(63)66-57-58(56-65-59(62)53-50-47-44-41-38-21-18-15-12-9-6-3)67-61(64)55-52-49-46-43-40-37-35-33-31-29-27-25-23-20-17-14-11-8-5-2/h7,10,16-17,19-20,24-27,30-33,36,39,45,48,58H,4-6,8-9,11-15,18,21-23,28-29,34-35,37-38,40-44,46-47,49-57H2,1-3H3/b10-7-,19-16-,20-17-,26-24-,27-25-,32-30-,33-31-,39-36-,48-45-. The van der Waals surface area contributed by atoms with E-state index in [0.717, 1.165) is 103 Å². The fraction of sp³-hybridized carbons (Fsp3) is 0.656. The maximum atomic E-state index is 12.8. The van der Waals surface area contributed by atoms with E-state index in [-0.39, 0.29) is 37.5 Å². The van der Waals surface area contributed by atoms with Gasteiger partial charge in [0.2, 0.25) is 0 Å². The molecule has 67 heavy (non-hydrogen) atoms. The van der Waals surface area contributed by atoms with Gasteiger partial charge in [-0.25, -0.2) is 0 Å². The molecule has 0 aromatic heterocycles. The van der Waals surface area contributed by atoms with Gasteiger partial charge in [-0.3, -0.25) is 14.4 Å². The fourth-order valence-electron chi connectivity index (χ4n) is 7.18. The van der Waals surface area contributed by atoms with Gasteiger partial charge in [0.25, 0.3) is 0 Å². The Kier molecular flexibility index (Phi) is 51.5. The number of unbranched alkanes of at least 4 members (excludes halogenated alkanes) is 19. The van der Waals surface area contributed by atoms with Crippen molar-refractivity contribution in [1.82, 2.24) is 0 Å². The predicted octanol–water partition coefficient (Wildman–Crippen LogP) is 18.3. The van der Waals surface area contributed by atoms with Crippen LogP contribution in [-0.2, 0) is 28.6 Å². The molecule has 0 heterocycles. The van der Waals surface area contributed by atoms with Crippen molar-refractivity contribution in [1.29, 1.82) is 0 Å². The van der Waals surface area contributed by atoms with Crippen LogP contribution in [0.15, 0.2) is 109 Å². The summed E-state index contributed by atoms with van der Waals surface area (Å²) in [4.78, 5) is 38.0. The zero-order valence-corrected chi connectivity index (χ0v) is 43.4. The maximum Gasteiger partial charge on any atom is 0.306 e. The molecule has 0 aromatic rings. The van der Waals surface area contributed by atoms with Gasteiger partial charge < -0.3 is 14.2 Å². The van der Waals surface area contributed by atoms with Crippen molar-refractivity contribution in [3.8, 4) is 0 Å². The second-order valence-electron chi connectivity index (χ2n) is 17.8. The largest absolute Gasteiger partial charge is 0.462 e. The van der Waals surface area contributed by atoms with Crippen LogP contribution in [0.4, 0.5) is 0 Å². The van der Waals surface area contributed by atoms with Gasteiger partial charge in [0, 0.05) is 19.3 Å². The smallest absolute Gasteiger partial charge is 0.306 e. The van der Waals surface area contributed by atoms with Gasteiger partial charge in [-0.2, -0.15) is 0 Å². The molecule has 0 aromatic carbocycles. The summed E-state index contributed by atoms with van der Waals surface area (Å²) in [5.74, 6) is -1.01. The van der Waals surface area contributed by atoms with E-state index in [2.05, 4.69) is 124 Å². The van der Waals surface area contributed by atoms with Crippen molar-refractivity contribution >= 4 is 17.9 Å². The molecule has 1 unspecified atom stereocenters. The van der Waals surface area contributed by atoms with Crippen LogP contribution in [-0.4, -0.2) is 37.2 Å². The highest BCUT2D eigenvalue weighted by Crippen LogP contribution is 2.14. The van der Waals surface area contributed by atoms with E-state index in [9.17, 15) is 14.4 Å². The van der Waals surface area contributed by atoms with Crippen molar-refractivity contribution in [2.24, 2.45) is 0 Å². The number of carbonyl (C=O) groups is 3. The highest BCUT2D eigenvalue weighted by molar-refractivity contribution is 5.71. The van der Waals surface area contributed by atoms with Crippen LogP contribution in [0.1, 0.15) is 239 Å². The molecule has 0 aliphatic heterocycles. The van der Waals surface area contributed by atoms with Crippen molar-refractivity contribution in [2.75, 3.05) is 13.2 Å². The Balaban J connectivity index is 4.51. The molecular formula is C61H100O6. The molecule has 0 bridgehead atoms. The lowest BCUT2D eigenvalue weighted by atomic mass is 10.1. The molecule has 0 amide bonds. The van der Waals surface area contributed by atoms with Crippen LogP contribution < -0.4 is 0 Å². The average molecular weight is 929 g/mol. The zero-order chi connectivity index (χ0) is 48.6. The van der Waals surface area contributed by atoms with Crippen LogP contribution in [0, 0.1) is 0 Å². The lowest BCUT2D eigenvalue weighted by Crippen LogP contribution is -2.30. The van der Waals surface area contributed by atoms with E-state index in [0.29, 0.717) is 19.3 Å². The summed E-state index contributed by atoms with van der Waals surface area (Å²) in [6, 6.07) is 0. The number of ether oxygens (including phenoxy) is 3. The second-order valence-corrected chi connectivity index (χ2v) is 17.8. The van der Waals surface area contributed by atoms with Crippen LogP contribution in [0.25, 0.3) is 0 Å². The lowest BCUT2D eigenvalue weighted by Gasteiger charge is -2.18. The Labute approximate surface area is 412 Å². The van der Waals surface area contributed by atoms with Gasteiger partial charge >= 0.3 is 17.9 Å². The quantitative estimate of drug-likeness (QED) is 0.0262. The van der Waals surface area contributed by atoms with Crippen molar-refractivity contribution in [2.45, 2.75) is 245 Å². The van der Waals surface area contributed by atoms with Gasteiger partial charge in [0.1, 0.15) is 13.2 Å². The topological polar surface area (TPSA) is 78.9 Å². The first-order chi connectivity index (χ1) is 33.0. The summed E-state index contributed by atoms with van der Waals surface area (Å²) in [5.41, 5.74) is 0. The SMILES string of the molecule is CC/C=C\C/C=C\C/C=C\C/C=C\C/C=C\C/C=C\CCC(=O)OCC(COC(=O)CCCCCCCCCCCCC)OC(=O)CCCCCCCC/C=C\C/C=C\C/C=C\CCCCC. The molecule has 1 atom stereocenters. The summed E-state index contributed by atoms with van der Waals surface area (Å²) < 4.78 is 16.7. The molecule has 0 aliphatic rings. The van der Waals surface area contributed by atoms with Gasteiger partial charge in [-0.1, -0.05) is 233 Å². The molecule has 0 aliphatic carbocycles. The third-order valence-electron chi connectivity index (χ3n) is 11.3. The highest BCUT2D eigenvalue weighted by Gasteiger charge is 2.19. The van der Waals surface area contributed by atoms with Crippen molar-refractivity contribution in [3.05, 3.63) is 109 Å². The molecule has 0 saturated carbocycles. The van der Waals surface area contributed by atoms with E-state index >= 15 is 0 Å². The van der Waals surface area contributed by atoms with Gasteiger partial charge in [-0.05, 0) is 96.3 Å². The Morgan fingerprint density at radius 2 is 0.612 bits per heavy atom. The summed E-state index contributed by atoms with van der Waals surface area (Å²) >= 11 is 0. The Bertz CT molecular complexity index is 1390. The summed E-state index contributed by atoms with van der Waals surface area (Å²) in [6.07, 6.45) is 73.7. The van der Waals surface area contributed by atoms with Crippen LogP contribution in [0.3, 0.4) is 0 Å². The van der Waals surface area contributed by atoms with E-state index < -0.39 is 6.10 Å². The summed E-state index contributed by atoms with van der Waals surface area (Å²) in [6.45, 7) is 6.41. The number of hydrogen-bond acceptors (Lipinski definition) is 6. The number of hydrogen-bond donors (Lipinski definition) is 0. The normalized spacial score (nSPS) is 12.9. The van der Waals surface area contributed by atoms with Crippen molar-refractivity contribution in [3.63, 3.8) is 0 Å². The van der Waals surface area contributed by atoms with Crippen LogP contribution >= 0.6 is 0 Å². The third-order valence-corrected chi connectivity index (χ3v) is 11.3. The molecular weight excluding hydrogens is 829 g/mol. The van der Waals surface area contributed by atoms with E-state index in [1.54, 1.807) is 0 Å². The molecule has 0 rings (SSSR count). The molecule has 0 spiro atoms. The lowest BCUT2D eigenvalue weighted by molar-refractivity contribution is -0.166. The zero-order valence-electron chi connectivity index (χ0n) is 43.4. The first-order valence-corrected chi connectivity index (χ1v) is 27.4. The number of esters is 3. The van der Waals surface area contributed by atoms with Gasteiger partial charge in [-0.15, -0.1) is 0 Å². The number of carbonyl (C=O) groups excluding carboxylic acids is 3. The molecule has 0 saturated heterocycles. The Hall–Kier alpha value is -3.93. The summed E-state index contributed by atoms with van der Waals surface area (Å²) in [5, 5.41) is 0. The minimum Gasteiger partial charge on any atom is -0.462 e. The Morgan fingerprint density at radius 1 is 0.313 bits per heavy atom. The summed E-state index contributed by atoms with van der Waals surface area (Å²) in [7, 11) is 0.